The minimum Gasteiger partial charge on any atom is -0.497 e. The lowest BCUT2D eigenvalue weighted by atomic mass is 10.2. The number of hydrogen-bond acceptors (Lipinski definition) is 4. The third kappa shape index (κ3) is 3.22. The predicted octanol–water partition coefficient (Wildman–Crippen LogP) is 4.00. The molecule has 3 aromatic rings. The maximum absolute atomic E-state index is 5.88. The van der Waals surface area contributed by atoms with E-state index in [0.29, 0.717) is 6.04 Å². The molecular formula is C19H20N2O2. The van der Waals surface area contributed by atoms with Gasteiger partial charge in [-0.1, -0.05) is 24.3 Å². The molecule has 0 radical (unpaired) electrons. The zero-order chi connectivity index (χ0) is 15.6. The van der Waals surface area contributed by atoms with Gasteiger partial charge in [0.15, 0.2) is 5.58 Å². The van der Waals surface area contributed by atoms with Crippen LogP contribution >= 0.6 is 0 Å². The summed E-state index contributed by atoms with van der Waals surface area (Å²) in [4.78, 5) is 7.05. The average Bonchev–Trinajstić information content (AvgIpc) is 3.35. The SMILES string of the molecule is COc1ccc(CN(Cc2nc3ccccc3o2)C2CC2)cc1. The van der Waals surface area contributed by atoms with E-state index in [1.54, 1.807) is 7.11 Å². The van der Waals surface area contributed by atoms with E-state index in [0.717, 1.165) is 35.8 Å². The van der Waals surface area contributed by atoms with Crippen molar-refractivity contribution in [3.05, 3.63) is 60.0 Å². The Labute approximate surface area is 135 Å². The van der Waals surface area contributed by atoms with Gasteiger partial charge < -0.3 is 9.15 Å². The Morgan fingerprint density at radius 1 is 1.09 bits per heavy atom. The molecular weight excluding hydrogens is 288 g/mol. The first-order valence-electron chi connectivity index (χ1n) is 8.03. The van der Waals surface area contributed by atoms with Crippen molar-refractivity contribution in [1.82, 2.24) is 9.88 Å². The van der Waals surface area contributed by atoms with Crippen LogP contribution in [0.15, 0.2) is 52.9 Å². The van der Waals surface area contributed by atoms with E-state index >= 15 is 0 Å². The number of nitrogens with zero attached hydrogens (tertiary/aromatic N) is 2. The highest BCUT2D eigenvalue weighted by molar-refractivity contribution is 5.72. The molecule has 4 nitrogen and oxygen atoms in total. The molecule has 0 atom stereocenters. The maximum Gasteiger partial charge on any atom is 0.209 e. The molecule has 0 unspecified atom stereocenters. The molecule has 23 heavy (non-hydrogen) atoms. The molecule has 0 aliphatic heterocycles. The van der Waals surface area contributed by atoms with Crippen molar-refractivity contribution in [3.63, 3.8) is 0 Å². The minimum atomic E-state index is 0.645. The summed E-state index contributed by atoms with van der Waals surface area (Å²) in [6.07, 6.45) is 2.52. The Morgan fingerprint density at radius 3 is 2.57 bits per heavy atom. The van der Waals surface area contributed by atoms with E-state index in [-0.39, 0.29) is 0 Å². The van der Waals surface area contributed by atoms with Crippen molar-refractivity contribution < 1.29 is 9.15 Å². The number of aromatic nitrogens is 1. The minimum absolute atomic E-state index is 0.645. The van der Waals surface area contributed by atoms with E-state index in [4.69, 9.17) is 9.15 Å². The quantitative estimate of drug-likeness (QED) is 0.690. The first-order valence-corrected chi connectivity index (χ1v) is 8.03. The number of ether oxygens (including phenoxy) is 1. The number of para-hydroxylation sites is 2. The van der Waals surface area contributed by atoms with Crippen LogP contribution in [0.5, 0.6) is 5.75 Å². The van der Waals surface area contributed by atoms with Crippen LogP contribution in [0.4, 0.5) is 0 Å². The van der Waals surface area contributed by atoms with Gasteiger partial charge in [-0.15, -0.1) is 0 Å². The Morgan fingerprint density at radius 2 is 1.87 bits per heavy atom. The van der Waals surface area contributed by atoms with Crippen molar-refractivity contribution in [3.8, 4) is 5.75 Å². The van der Waals surface area contributed by atoms with Crippen molar-refractivity contribution in [1.29, 1.82) is 0 Å². The third-order valence-corrected chi connectivity index (χ3v) is 4.28. The van der Waals surface area contributed by atoms with Crippen molar-refractivity contribution in [2.24, 2.45) is 0 Å². The Bertz CT molecular complexity index is 757. The van der Waals surface area contributed by atoms with Gasteiger partial charge in [-0.2, -0.15) is 0 Å². The summed E-state index contributed by atoms with van der Waals surface area (Å²) in [7, 11) is 1.69. The predicted molar refractivity (Wildman–Crippen MR) is 89.3 cm³/mol. The van der Waals surface area contributed by atoms with Gasteiger partial charge in [-0.05, 0) is 42.7 Å². The van der Waals surface area contributed by atoms with E-state index in [1.165, 1.54) is 18.4 Å². The first kappa shape index (κ1) is 14.3. The second-order valence-electron chi connectivity index (χ2n) is 6.06. The number of oxazole rings is 1. The van der Waals surface area contributed by atoms with Gasteiger partial charge in [0.1, 0.15) is 11.3 Å². The molecule has 1 aliphatic carbocycles. The number of fused-ring (bicyclic) bond motifs is 1. The summed E-state index contributed by atoms with van der Waals surface area (Å²) in [5.41, 5.74) is 3.08. The number of methoxy groups -OCH3 is 1. The van der Waals surface area contributed by atoms with Crippen LogP contribution in [0.3, 0.4) is 0 Å². The van der Waals surface area contributed by atoms with E-state index in [2.05, 4.69) is 22.0 Å². The van der Waals surface area contributed by atoms with Gasteiger partial charge in [0.25, 0.3) is 0 Å². The third-order valence-electron chi connectivity index (χ3n) is 4.28. The van der Waals surface area contributed by atoms with E-state index in [1.807, 2.05) is 36.4 Å². The standard InChI is InChI=1S/C19H20N2O2/c1-22-16-10-6-14(7-11-16)12-21(15-8-9-15)13-19-20-17-4-2-3-5-18(17)23-19/h2-7,10-11,15H,8-9,12-13H2,1H3. The highest BCUT2D eigenvalue weighted by Crippen LogP contribution is 2.30. The van der Waals surface area contributed by atoms with E-state index < -0.39 is 0 Å². The molecule has 118 valence electrons. The Balaban J connectivity index is 1.51. The zero-order valence-corrected chi connectivity index (χ0v) is 13.2. The van der Waals surface area contributed by atoms with Crippen LogP contribution in [-0.2, 0) is 13.1 Å². The molecule has 1 heterocycles. The Kier molecular flexibility index (Phi) is 3.75. The van der Waals surface area contributed by atoms with E-state index in [9.17, 15) is 0 Å². The molecule has 0 amide bonds. The number of rotatable bonds is 6. The molecule has 1 aliphatic rings. The van der Waals surface area contributed by atoms with Crippen LogP contribution in [0.1, 0.15) is 24.3 Å². The molecule has 0 saturated heterocycles. The number of hydrogen-bond donors (Lipinski definition) is 0. The van der Waals surface area contributed by atoms with Gasteiger partial charge in [0, 0.05) is 12.6 Å². The monoisotopic (exact) mass is 308 g/mol. The highest BCUT2D eigenvalue weighted by atomic mass is 16.5. The van der Waals surface area contributed by atoms with Gasteiger partial charge >= 0.3 is 0 Å². The molecule has 0 bridgehead atoms. The summed E-state index contributed by atoms with van der Waals surface area (Å²) in [5, 5.41) is 0. The van der Waals surface area contributed by atoms with Crippen molar-refractivity contribution in [2.45, 2.75) is 32.0 Å². The molecule has 1 aromatic heterocycles. The molecule has 0 N–H and O–H groups in total. The normalized spacial score (nSPS) is 14.5. The lowest BCUT2D eigenvalue weighted by molar-refractivity contribution is 0.223. The topological polar surface area (TPSA) is 38.5 Å². The van der Waals surface area contributed by atoms with Crippen LogP contribution in [0, 0.1) is 0 Å². The lowest BCUT2D eigenvalue weighted by Gasteiger charge is -2.20. The van der Waals surface area contributed by atoms with Gasteiger partial charge in [-0.3, -0.25) is 4.90 Å². The second kappa shape index (κ2) is 6.05. The van der Waals surface area contributed by atoms with Crippen LogP contribution in [0.2, 0.25) is 0 Å². The van der Waals surface area contributed by atoms with Crippen LogP contribution in [0.25, 0.3) is 11.1 Å². The fraction of sp³-hybridized carbons (Fsp3) is 0.316. The maximum atomic E-state index is 5.88. The lowest BCUT2D eigenvalue weighted by Crippen LogP contribution is -2.25. The largest absolute Gasteiger partial charge is 0.497 e. The molecule has 1 saturated carbocycles. The van der Waals surface area contributed by atoms with Crippen molar-refractivity contribution in [2.75, 3.05) is 7.11 Å². The second-order valence-corrected chi connectivity index (χ2v) is 6.06. The fourth-order valence-electron chi connectivity index (χ4n) is 2.88. The molecule has 4 rings (SSSR count). The van der Waals surface area contributed by atoms with Crippen LogP contribution in [-0.4, -0.2) is 23.0 Å². The summed E-state index contributed by atoms with van der Waals surface area (Å²) >= 11 is 0. The molecule has 0 spiro atoms. The summed E-state index contributed by atoms with van der Waals surface area (Å²) in [5.74, 6) is 1.69. The van der Waals surface area contributed by atoms with Gasteiger partial charge in [0.05, 0.1) is 13.7 Å². The highest BCUT2D eigenvalue weighted by Gasteiger charge is 2.30. The van der Waals surface area contributed by atoms with Crippen LogP contribution < -0.4 is 4.74 Å². The first-order chi connectivity index (χ1) is 11.3. The molecule has 2 aromatic carbocycles. The zero-order valence-electron chi connectivity index (χ0n) is 13.2. The number of benzene rings is 2. The summed E-state index contributed by atoms with van der Waals surface area (Å²) in [6.45, 7) is 1.67. The van der Waals surface area contributed by atoms with Gasteiger partial charge in [-0.25, -0.2) is 4.98 Å². The smallest absolute Gasteiger partial charge is 0.209 e. The Hall–Kier alpha value is -2.33. The molecule has 1 fully saturated rings. The summed E-state index contributed by atoms with van der Waals surface area (Å²) in [6, 6.07) is 16.9. The average molecular weight is 308 g/mol. The fourth-order valence-corrected chi connectivity index (χ4v) is 2.88. The molecule has 4 heteroatoms. The summed E-state index contributed by atoms with van der Waals surface area (Å²) < 4.78 is 11.1. The van der Waals surface area contributed by atoms with Gasteiger partial charge in [0.2, 0.25) is 5.89 Å². The van der Waals surface area contributed by atoms with Crippen molar-refractivity contribution >= 4 is 11.1 Å².